The number of carbonyl (C=O) groups excluding carboxylic acids is 6. The van der Waals surface area contributed by atoms with Crippen LogP contribution in [0.5, 0.6) is 0 Å². The van der Waals surface area contributed by atoms with E-state index in [9.17, 15) is 58.8 Å². The van der Waals surface area contributed by atoms with Crippen molar-refractivity contribution >= 4 is 105 Å². The number of unbranched alkanes of at least 4 members (excludes halogenated alkanes) is 2. The largest absolute Gasteiger partial charge is 0.481 e. The third kappa shape index (κ3) is 37.7. The van der Waals surface area contributed by atoms with E-state index in [-0.39, 0.29) is 152 Å². The summed E-state index contributed by atoms with van der Waals surface area (Å²) in [4.78, 5) is 110. The van der Waals surface area contributed by atoms with E-state index in [1.165, 1.54) is 36.4 Å². The first kappa shape index (κ1) is 83.3. The summed E-state index contributed by atoms with van der Waals surface area (Å²) in [7, 11) is 0. The summed E-state index contributed by atoms with van der Waals surface area (Å²) in [6.07, 6.45) is 0.708. The monoisotopic (exact) mass is 1460 g/mol. The summed E-state index contributed by atoms with van der Waals surface area (Å²) in [6.45, 7) is 2.17. The Labute approximate surface area is 587 Å². The minimum absolute atomic E-state index is 0.0205. The van der Waals surface area contributed by atoms with E-state index >= 15 is 0 Å². The molecule has 6 unspecified atom stereocenters. The lowest BCUT2D eigenvalue weighted by molar-refractivity contribution is -0.146. The molecular weight excluding hydrogens is 1370 g/mol. The summed E-state index contributed by atoms with van der Waals surface area (Å²) < 4.78 is 44.3. The number of carboxylic acids is 2. The molecule has 2 heterocycles. The van der Waals surface area contributed by atoms with E-state index in [4.69, 9.17) is 84.3 Å². The number of amides is 6. The van der Waals surface area contributed by atoms with Crippen LogP contribution in [0, 0.1) is 0 Å². The second-order valence-electron chi connectivity index (χ2n) is 21.5. The molecule has 0 fully saturated rings. The van der Waals surface area contributed by atoms with Crippen LogP contribution < -0.4 is 42.5 Å². The number of nitrogens with one attached hydrogen (secondary N) is 8. The summed E-state index contributed by atoms with van der Waals surface area (Å²) >= 11 is 24.6. The lowest BCUT2D eigenvalue weighted by Gasteiger charge is -2.23. The number of nitrogens with zero attached hydrogens (tertiary/aromatic N) is 2. The van der Waals surface area contributed by atoms with Gasteiger partial charge in [0.1, 0.15) is 23.7 Å². The summed E-state index contributed by atoms with van der Waals surface area (Å²) in [5, 5.41) is 62.5. The van der Waals surface area contributed by atoms with Crippen LogP contribution >= 0.6 is 46.4 Å². The molecule has 0 saturated carbocycles. The smallest absolute Gasteiger partial charge is 0.305 e. The van der Waals surface area contributed by atoms with Crippen LogP contribution in [0.15, 0.2) is 85.2 Å². The molecule has 6 atom stereocenters. The maximum absolute atomic E-state index is 13.6. The quantitative estimate of drug-likeness (QED) is 0.0281. The molecule has 98 heavy (non-hydrogen) atoms. The Bertz CT molecular complexity index is 2780. The molecular formula is C64H88Cl4N10O20. The van der Waals surface area contributed by atoms with E-state index in [1.807, 2.05) is 24.3 Å². The lowest BCUT2D eigenvalue weighted by Crippen LogP contribution is -2.50. The summed E-state index contributed by atoms with van der Waals surface area (Å²) in [6, 6.07) is 15.4. The van der Waals surface area contributed by atoms with Crippen molar-refractivity contribution < 1.29 is 96.7 Å². The molecule has 0 spiro atoms. The fourth-order valence-electron chi connectivity index (χ4n) is 8.75. The van der Waals surface area contributed by atoms with E-state index in [0.717, 1.165) is 0 Å². The third-order valence-electron chi connectivity index (χ3n) is 13.6. The second kappa shape index (κ2) is 50.2. The SMILES string of the molecule is O=C(O)CC(NC(=O)C(COCCOCCOCCOCCNC(=O)C(O)C(O)C(=O)NCCOCCOCCOCCOCC(NC(=O)CCCCNc1ccccn1)C(=O)NC(CC(=O)O)c1cc(Cl)cc(Cl)c1)NC(=O)CCCCNc1ccccn1)c1cc(Cl)cc(Cl)c1. The first-order valence-corrected chi connectivity index (χ1v) is 33.2. The van der Waals surface area contributed by atoms with Crippen LogP contribution in [-0.4, -0.2) is 234 Å². The molecule has 0 aliphatic heterocycles. The molecule has 0 saturated heterocycles. The van der Waals surface area contributed by atoms with Crippen molar-refractivity contribution in [2.75, 3.05) is 143 Å². The van der Waals surface area contributed by atoms with Crippen molar-refractivity contribution in [3.63, 3.8) is 0 Å². The standard InChI is InChI=1S/C64H88Cl4N10O20/c65-45-33-43(34-46(66)37-45)49(39-57(81)82)77-61(87)51(75-55(79)11-3-7-15-71-53-9-1-5-13-69-53)41-97-31-29-95-27-25-93-23-21-91-19-17-73-63(89)59(85)60(86)64(90)74-18-20-92-22-24-94-26-28-96-30-32-98-42-52(76-56(80)12-4-8-16-72-54-10-2-6-14-70-54)62(88)78-50(40-58(83)84)44-35-47(67)38-48(68)36-44/h1-2,5-6,9-10,13-14,33-38,49-52,59-60,85-86H,3-4,7-8,11-12,15-32,39-42H2,(H,69,71)(H,70,72)(H,73,89)(H,74,90)(H,75,79)(H,76,80)(H,77,87)(H,78,88)(H,81,82)(H,83,84). The first-order chi connectivity index (χ1) is 47.3. The average molecular weight is 1460 g/mol. The maximum atomic E-state index is 13.6. The number of anilines is 2. The van der Waals surface area contributed by atoms with Gasteiger partial charge in [0.25, 0.3) is 11.8 Å². The first-order valence-electron chi connectivity index (χ1n) is 31.7. The Morgan fingerprint density at radius 3 is 1.04 bits per heavy atom. The molecule has 542 valence electrons. The summed E-state index contributed by atoms with van der Waals surface area (Å²) in [5.74, 6) is -5.19. The number of aromatic nitrogens is 2. The number of hydrogen-bond acceptors (Lipinski definition) is 22. The van der Waals surface area contributed by atoms with Crippen molar-refractivity contribution in [2.24, 2.45) is 0 Å². The van der Waals surface area contributed by atoms with Crippen LogP contribution in [0.4, 0.5) is 11.6 Å². The van der Waals surface area contributed by atoms with Crippen molar-refractivity contribution in [3.8, 4) is 0 Å². The van der Waals surface area contributed by atoms with E-state index < -0.39 is 96.6 Å². The number of hydrogen-bond donors (Lipinski definition) is 12. The fourth-order valence-corrected chi connectivity index (χ4v) is 9.83. The van der Waals surface area contributed by atoms with Gasteiger partial charge in [-0.3, -0.25) is 38.4 Å². The Kier molecular flexibility index (Phi) is 42.7. The third-order valence-corrected chi connectivity index (χ3v) is 14.5. The van der Waals surface area contributed by atoms with Gasteiger partial charge in [0.2, 0.25) is 23.6 Å². The molecule has 0 radical (unpaired) electrons. The minimum Gasteiger partial charge on any atom is -0.481 e. The van der Waals surface area contributed by atoms with Crippen LogP contribution in [-0.2, 0) is 76.3 Å². The number of halogens is 4. The molecule has 0 bridgehead atoms. The van der Waals surface area contributed by atoms with Gasteiger partial charge in [-0.05, 0) is 97.5 Å². The van der Waals surface area contributed by atoms with Gasteiger partial charge in [-0.25, -0.2) is 9.97 Å². The average Bonchev–Trinajstić information content (AvgIpc) is 1.12. The number of ether oxygens (including phenoxy) is 8. The second-order valence-corrected chi connectivity index (χ2v) is 23.2. The van der Waals surface area contributed by atoms with Gasteiger partial charge in [-0.15, -0.1) is 0 Å². The number of carbonyl (C=O) groups is 8. The van der Waals surface area contributed by atoms with Gasteiger partial charge < -0.3 is 101 Å². The Balaban J connectivity index is 1.00. The highest BCUT2D eigenvalue weighted by atomic mass is 35.5. The fraction of sp³-hybridized carbons (Fsp3) is 0.531. The number of benzene rings is 2. The van der Waals surface area contributed by atoms with Gasteiger partial charge in [0.15, 0.2) is 12.2 Å². The van der Waals surface area contributed by atoms with E-state index in [2.05, 4.69) is 52.5 Å². The van der Waals surface area contributed by atoms with Gasteiger partial charge in [0, 0.05) is 71.5 Å². The predicted octanol–water partition coefficient (Wildman–Crippen LogP) is 3.68. The lowest BCUT2D eigenvalue weighted by atomic mass is 10.0. The number of aliphatic hydroxyl groups is 2. The zero-order chi connectivity index (χ0) is 71.1. The topological polar surface area (TPSA) is 413 Å². The van der Waals surface area contributed by atoms with Crippen LogP contribution in [0.3, 0.4) is 0 Å². The van der Waals surface area contributed by atoms with Gasteiger partial charge >= 0.3 is 11.9 Å². The van der Waals surface area contributed by atoms with Crippen LogP contribution in [0.25, 0.3) is 0 Å². The molecule has 2 aromatic carbocycles. The number of aliphatic hydroxyl groups excluding tert-OH is 2. The number of aliphatic carboxylic acids is 2. The van der Waals surface area contributed by atoms with Gasteiger partial charge in [-0.1, -0.05) is 58.5 Å². The number of carboxylic acid groups (broad SMARTS) is 2. The summed E-state index contributed by atoms with van der Waals surface area (Å²) in [5.41, 5.74) is 0.713. The predicted molar refractivity (Wildman–Crippen MR) is 361 cm³/mol. The zero-order valence-corrected chi connectivity index (χ0v) is 57.1. The van der Waals surface area contributed by atoms with Crippen molar-refractivity contribution in [1.82, 2.24) is 41.9 Å². The van der Waals surface area contributed by atoms with Crippen molar-refractivity contribution in [1.29, 1.82) is 0 Å². The zero-order valence-electron chi connectivity index (χ0n) is 54.1. The minimum atomic E-state index is -2.07. The molecule has 0 aliphatic rings. The van der Waals surface area contributed by atoms with Crippen molar-refractivity contribution in [2.45, 2.75) is 87.7 Å². The van der Waals surface area contributed by atoms with E-state index in [0.29, 0.717) is 61.5 Å². The molecule has 12 N–H and O–H groups in total. The molecule has 30 nitrogen and oxygen atoms in total. The van der Waals surface area contributed by atoms with Crippen molar-refractivity contribution in [3.05, 3.63) is 116 Å². The molecule has 0 aliphatic carbocycles. The highest BCUT2D eigenvalue weighted by Crippen LogP contribution is 2.27. The van der Waals surface area contributed by atoms with E-state index in [1.54, 1.807) is 24.5 Å². The van der Waals surface area contributed by atoms with Crippen LogP contribution in [0.2, 0.25) is 20.1 Å². The molecule has 4 aromatic rings. The van der Waals surface area contributed by atoms with Gasteiger partial charge in [-0.2, -0.15) is 0 Å². The number of rotatable bonds is 55. The Hall–Kier alpha value is -7.14. The number of pyridine rings is 2. The van der Waals surface area contributed by atoms with Crippen LogP contribution in [0.1, 0.15) is 74.6 Å². The molecule has 2 aromatic heterocycles. The van der Waals surface area contributed by atoms with Gasteiger partial charge in [0.05, 0.1) is 131 Å². The maximum Gasteiger partial charge on any atom is 0.305 e. The Morgan fingerprint density at radius 1 is 0.398 bits per heavy atom. The molecule has 6 amide bonds. The normalized spacial score (nSPS) is 13.0. The Morgan fingerprint density at radius 2 is 0.724 bits per heavy atom. The highest BCUT2D eigenvalue weighted by molar-refractivity contribution is 6.35. The molecule has 4 rings (SSSR count). The highest BCUT2D eigenvalue weighted by Gasteiger charge is 2.31. The molecule has 34 heteroatoms.